The van der Waals surface area contributed by atoms with Crippen molar-refractivity contribution in [2.45, 2.75) is 19.1 Å². The molecule has 1 unspecified atom stereocenters. The molecule has 4 aromatic rings. The first kappa shape index (κ1) is 19.1. The summed E-state index contributed by atoms with van der Waals surface area (Å²) in [7, 11) is 0. The molecule has 0 fully saturated rings. The average Bonchev–Trinajstić information content (AvgIpc) is 3.29. The van der Waals surface area contributed by atoms with Crippen LogP contribution in [0.2, 0.25) is 0 Å². The van der Waals surface area contributed by atoms with E-state index in [-0.39, 0.29) is 11.9 Å². The van der Waals surface area contributed by atoms with Gasteiger partial charge in [0.1, 0.15) is 12.0 Å². The highest BCUT2D eigenvalue weighted by Gasteiger charge is 2.30. The number of benzene rings is 1. The lowest BCUT2D eigenvalue weighted by molar-refractivity contribution is -0.137. The van der Waals surface area contributed by atoms with Crippen molar-refractivity contribution in [2.75, 3.05) is 0 Å². The number of carbonyl (C=O) groups is 1. The van der Waals surface area contributed by atoms with Gasteiger partial charge in [0.2, 0.25) is 0 Å². The number of fused-ring (bicyclic) bond motifs is 1. The summed E-state index contributed by atoms with van der Waals surface area (Å²) >= 11 is 1.27. The number of hydrogen-bond donors (Lipinski definition) is 1. The van der Waals surface area contributed by atoms with E-state index in [2.05, 4.69) is 20.3 Å². The maximum Gasteiger partial charge on any atom is 0.416 e. The largest absolute Gasteiger partial charge is 0.416 e. The number of aromatic nitrogens is 4. The Morgan fingerprint density at radius 3 is 2.62 bits per heavy atom. The molecule has 0 aliphatic carbocycles. The fourth-order valence-electron chi connectivity index (χ4n) is 2.82. The zero-order valence-corrected chi connectivity index (χ0v) is 15.8. The fourth-order valence-corrected chi connectivity index (χ4v) is 3.67. The second kappa shape index (κ2) is 7.28. The summed E-state index contributed by atoms with van der Waals surface area (Å²) in [5, 5.41) is 4.55. The number of nitrogens with zero attached hydrogens (tertiary/aromatic N) is 4. The maximum atomic E-state index is 12.7. The van der Waals surface area contributed by atoms with Gasteiger partial charge in [-0.1, -0.05) is 12.1 Å². The lowest BCUT2D eigenvalue weighted by Crippen LogP contribution is -2.28. The van der Waals surface area contributed by atoms with Crippen LogP contribution in [-0.2, 0) is 6.18 Å². The Balaban J connectivity index is 1.58. The average molecular weight is 417 g/mol. The standard InChI is InChI=1S/C19H14F3N5OS/c1-11(14-6-7-23-10-24-14)25-17(28)16-9-29-18-26-15(8-27(16)18)12-2-4-13(5-3-12)19(20,21)22/h2-11H,1H3,(H,25,28). The van der Waals surface area contributed by atoms with Gasteiger partial charge in [-0.25, -0.2) is 15.0 Å². The third-order valence-corrected chi connectivity index (χ3v) is 5.19. The number of imidazole rings is 1. The van der Waals surface area contributed by atoms with Crippen molar-refractivity contribution in [3.05, 3.63) is 71.4 Å². The van der Waals surface area contributed by atoms with Crippen LogP contribution in [0.25, 0.3) is 16.2 Å². The number of carbonyl (C=O) groups excluding carboxylic acids is 1. The van der Waals surface area contributed by atoms with Crippen LogP contribution < -0.4 is 5.32 Å². The first-order chi connectivity index (χ1) is 13.8. The summed E-state index contributed by atoms with van der Waals surface area (Å²) in [6, 6.07) is 6.16. The maximum absolute atomic E-state index is 12.7. The summed E-state index contributed by atoms with van der Waals surface area (Å²) < 4.78 is 39.8. The van der Waals surface area contributed by atoms with Crippen molar-refractivity contribution in [1.29, 1.82) is 0 Å². The highest BCUT2D eigenvalue weighted by molar-refractivity contribution is 7.15. The lowest BCUT2D eigenvalue weighted by Gasteiger charge is -2.12. The summed E-state index contributed by atoms with van der Waals surface area (Å²) in [5.74, 6) is -0.307. The van der Waals surface area contributed by atoms with Crippen LogP contribution >= 0.6 is 11.3 Å². The molecule has 1 amide bonds. The fraction of sp³-hybridized carbons (Fsp3) is 0.158. The Hall–Kier alpha value is -3.27. The minimum Gasteiger partial charge on any atom is -0.343 e. The smallest absolute Gasteiger partial charge is 0.343 e. The van der Waals surface area contributed by atoms with Crippen molar-refractivity contribution < 1.29 is 18.0 Å². The first-order valence-corrected chi connectivity index (χ1v) is 9.42. The number of nitrogens with one attached hydrogen (secondary N) is 1. The van der Waals surface area contributed by atoms with Gasteiger partial charge in [-0.2, -0.15) is 13.2 Å². The van der Waals surface area contributed by atoms with Gasteiger partial charge in [0.25, 0.3) is 5.91 Å². The van der Waals surface area contributed by atoms with E-state index >= 15 is 0 Å². The van der Waals surface area contributed by atoms with Gasteiger partial charge >= 0.3 is 6.18 Å². The molecule has 3 heterocycles. The van der Waals surface area contributed by atoms with Crippen molar-refractivity contribution in [1.82, 2.24) is 24.7 Å². The summed E-state index contributed by atoms with van der Waals surface area (Å²) in [4.78, 5) is 25.6. The Morgan fingerprint density at radius 1 is 1.21 bits per heavy atom. The molecule has 4 rings (SSSR count). The van der Waals surface area contributed by atoms with Crippen LogP contribution in [0.4, 0.5) is 13.2 Å². The predicted molar refractivity (Wildman–Crippen MR) is 101 cm³/mol. The minimum absolute atomic E-state index is 0.307. The van der Waals surface area contributed by atoms with Crippen LogP contribution in [0.15, 0.2) is 54.4 Å². The summed E-state index contributed by atoms with van der Waals surface area (Å²) in [6.45, 7) is 1.81. The number of amides is 1. The molecule has 0 radical (unpaired) electrons. The quantitative estimate of drug-likeness (QED) is 0.536. The molecule has 29 heavy (non-hydrogen) atoms. The predicted octanol–water partition coefficient (Wildman–Crippen LogP) is 4.36. The van der Waals surface area contributed by atoms with E-state index in [1.54, 1.807) is 28.2 Å². The zero-order chi connectivity index (χ0) is 20.6. The van der Waals surface area contributed by atoms with E-state index in [1.165, 1.54) is 29.8 Å². The van der Waals surface area contributed by atoms with Crippen LogP contribution in [0, 0.1) is 0 Å². The molecule has 1 aromatic carbocycles. The van der Waals surface area contributed by atoms with Crippen LogP contribution in [-0.4, -0.2) is 25.3 Å². The van der Waals surface area contributed by atoms with Crippen LogP contribution in [0.1, 0.15) is 34.7 Å². The summed E-state index contributed by atoms with van der Waals surface area (Å²) in [6.07, 6.45) is 0.254. The zero-order valence-electron chi connectivity index (χ0n) is 15.0. The van der Waals surface area contributed by atoms with Gasteiger partial charge in [-0.05, 0) is 25.1 Å². The number of hydrogen-bond acceptors (Lipinski definition) is 5. The molecule has 0 spiro atoms. The van der Waals surface area contributed by atoms with Crippen molar-refractivity contribution in [3.8, 4) is 11.3 Å². The third-order valence-electron chi connectivity index (χ3n) is 4.35. The minimum atomic E-state index is -4.39. The molecule has 10 heteroatoms. The Labute approximate surface area is 167 Å². The normalized spacial score (nSPS) is 12.8. The Morgan fingerprint density at radius 2 is 1.97 bits per heavy atom. The third kappa shape index (κ3) is 3.83. The summed E-state index contributed by atoms with van der Waals surface area (Å²) in [5.41, 5.74) is 1.37. The molecule has 3 aromatic heterocycles. The second-order valence-electron chi connectivity index (χ2n) is 6.30. The molecule has 0 aliphatic rings. The van der Waals surface area contributed by atoms with Gasteiger partial charge in [0.05, 0.1) is 23.0 Å². The van der Waals surface area contributed by atoms with Crippen LogP contribution in [0.3, 0.4) is 0 Å². The topological polar surface area (TPSA) is 72.2 Å². The number of thiazole rings is 1. The highest BCUT2D eigenvalue weighted by Crippen LogP contribution is 2.31. The molecule has 0 bridgehead atoms. The molecule has 0 saturated carbocycles. The SMILES string of the molecule is CC(NC(=O)c1csc2nc(-c3ccc(C(F)(F)F)cc3)cn12)c1ccncn1. The van der Waals surface area contributed by atoms with Crippen LogP contribution in [0.5, 0.6) is 0 Å². The van der Waals surface area contributed by atoms with Gasteiger partial charge < -0.3 is 5.32 Å². The molecule has 0 saturated heterocycles. The number of alkyl halides is 3. The van der Waals surface area contributed by atoms with Crippen molar-refractivity contribution >= 4 is 22.2 Å². The lowest BCUT2D eigenvalue weighted by atomic mass is 10.1. The van der Waals surface area contributed by atoms with E-state index in [4.69, 9.17) is 0 Å². The molecule has 1 N–H and O–H groups in total. The molecule has 1 atom stereocenters. The first-order valence-electron chi connectivity index (χ1n) is 8.54. The highest BCUT2D eigenvalue weighted by atomic mass is 32.1. The molecular weight excluding hydrogens is 403 g/mol. The molecule has 0 aliphatic heterocycles. The second-order valence-corrected chi connectivity index (χ2v) is 7.14. The van der Waals surface area contributed by atoms with E-state index in [9.17, 15) is 18.0 Å². The van der Waals surface area contributed by atoms with E-state index in [1.807, 2.05) is 6.92 Å². The van der Waals surface area contributed by atoms with Gasteiger partial charge in [-0.3, -0.25) is 9.20 Å². The molecular formula is C19H14F3N5OS. The number of rotatable bonds is 4. The number of halogens is 3. The van der Waals surface area contributed by atoms with Gasteiger partial charge in [-0.15, -0.1) is 11.3 Å². The Kier molecular flexibility index (Phi) is 4.79. The molecule has 6 nitrogen and oxygen atoms in total. The van der Waals surface area contributed by atoms with Gasteiger partial charge in [0.15, 0.2) is 4.96 Å². The molecule has 148 valence electrons. The van der Waals surface area contributed by atoms with E-state index < -0.39 is 11.7 Å². The van der Waals surface area contributed by atoms with Gasteiger partial charge in [0, 0.05) is 23.3 Å². The van der Waals surface area contributed by atoms with Crippen molar-refractivity contribution in [3.63, 3.8) is 0 Å². The van der Waals surface area contributed by atoms with E-state index in [0.717, 1.165) is 12.1 Å². The van der Waals surface area contributed by atoms with E-state index in [0.29, 0.717) is 27.6 Å². The Bertz CT molecular complexity index is 1150. The van der Waals surface area contributed by atoms with Crippen molar-refractivity contribution in [2.24, 2.45) is 0 Å². The monoisotopic (exact) mass is 417 g/mol.